The van der Waals surface area contributed by atoms with Crippen molar-refractivity contribution in [3.63, 3.8) is 0 Å². The third kappa shape index (κ3) is 3.14. The van der Waals surface area contributed by atoms with Gasteiger partial charge in [0.25, 0.3) is 5.89 Å². The van der Waals surface area contributed by atoms with Crippen LogP contribution >= 0.6 is 22.6 Å². The number of hydrogen-bond donors (Lipinski definition) is 1. The van der Waals surface area contributed by atoms with Crippen LogP contribution < -0.4 is 5.32 Å². The number of hydrogen-bond acceptors (Lipinski definition) is 4. The fourth-order valence-electron chi connectivity index (χ4n) is 2.44. The smallest absolute Gasteiger partial charge is 0.258 e. The molecule has 100 valence electrons. The van der Waals surface area contributed by atoms with E-state index in [4.69, 9.17) is 4.52 Å². The molecular weight excluding hydrogens is 353 g/mol. The van der Waals surface area contributed by atoms with Crippen molar-refractivity contribution >= 4 is 22.6 Å². The first-order valence-corrected chi connectivity index (χ1v) is 7.69. The third-order valence-electron chi connectivity index (χ3n) is 3.44. The summed E-state index contributed by atoms with van der Waals surface area (Å²) in [5.74, 6) is 2.08. The highest BCUT2D eigenvalue weighted by Gasteiger charge is 2.18. The van der Waals surface area contributed by atoms with Crippen molar-refractivity contribution < 1.29 is 4.52 Å². The summed E-state index contributed by atoms with van der Waals surface area (Å²) in [6.07, 6.45) is 3.39. The van der Waals surface area contributed by atoms with Crippen LogP contribution in [0.15, 0.2) is 28.8 Å². The highest BCUT2D eigenvalue weighted by Crippen LogP contribution is 2.24. The summed E-state index contributed by atoms with van der Waals surface area (Å²) in [4.78, 5) is 4.53. The van der Waals surface area contributed by atoms with Crippen LogP contribution in [0.3, 0.4) is 0 Å². The van der Waals surface area contributed by atoms with Gasteiger partial charge in [0.2, 0.25) is 0 Å². The summed E-state index contributed by atoms with van der Waals surface area (Å²) < 4.78 is 6.52. The average Bonchev–Trinajstić information content (AvgIpc) is 2.89. The van der Waals surface area contributed by atoms with Crippen molar-refractivity contribution in [1.29, 1.82) is 0 Å². The number of nitrogens with zero attached hydrogens (tertiary/aromatic N) is 2. The van der Waals surface area contributed by atoms with E-state index >= 15 is 0 Å². The molecule has 1 N–H and O–H groups in total. The predicted octanol–water partition coefficient (Wildman–Crippen LogP) is 2.88. The Morgan fingerprint density at radius 3 is 3.05 bits per heavy atom. The second-order valence-corrected chi connectivity index (χ2v) is 6.07. The van der Waals surface area contributed by atoms with E-state index in [-0.39, 0.29) is 0 Å². The normalized spacial score (nSPS) is 19.5. The summed E-state index contributed by atoms with van der Waals surface area (Å²) in [5.41, 5.74) is 1.02. The Labute approximate surface area is 126 Å². The van der Waals surface area contributed by atoms with Gasteiger partial charge in [-0.25, -0.2) is 0 Å². The molecule has 2 heterocycles. The van der Waals surface area contributed by atoms with Crippen LogP contribution in [0, 0.1) is 9.49 Å². The Kier molecular flexibility index (Phi) is 4.12. The third-order valence-corrected chi connectivity index (χ3v) is 4.38. The SMILES string of the molecule is Ic1ccccc1-c1nc(CC2CCCNC2)no1. The minimum Gasteiger partial charge on any atom is -0.334 e. The Balaban J connectivity index is 1.74. The second-order valence-electron chi connectivity index (χ2n) is 4.91. The first kappa shape index (κ1) is 13.1. The zero-order valence-electron chi connectivity index (χ0n) is 10.6. The Bertz CT molecular complexity index is 549. The fourth-order valence-corrected chi connectivity index (χ4v) is 3.06. The summed E-state index contributed by atoms with van der Waals surface area (Å²) in [7, 11) is 0. The zero-order valence-corrected chi connectivity index (χ0v) is 12.8. The highest BCUT2D eigenvalue weighted by molar-refractivity contribution is 14.1. The van der Waals surface area contributed by atoms with E-state index in [0.717, 1.165) is 34.5 Å². The molecule has 3 rings (SSSR count). The predicted molar refractivity (Wildman–Crippen MR) is 81.7 cm³/mol. The minimum atomic E-state index is 0.628. The lowest BCUT2D eigenvalue weighted by atomic mass is 9.96. The van der Waals surface area contributed by atoms with Crippen LogP contribution in [-0.4, -0.2) is 23.2 Å². The molecule has 0 aliphatic carbocycles. The molecule has 0 saturated carbocycles. The zero-order chi connectivity index (χ0) is 13.1. The van der Waals surface area contributed by atoms with Gasteiger partial charge in [-0.1, -0.05) is 17.3 Å². The summed E-state index contributed by atoms with van der Waals surface area (Å²) >= 11 is 2.29. The number of benzene rings is 1. The quantitative estimate of drug-likeness (QED) is 0.846. The van der Waals surface area contributed by atoms with Crippen molar-refractivity contribution in [2.75, 3.05) is 13.1 Å². The molecule has 0 bridgehead atoms. The maximum Gasteiger partial charge on any atom is 0.258 e. The number of rotatable bonds is 3. The lowest BCUT2D eigenvalue weighted by molar-refractivity contribution is 0.360. The van der Waals surface area contributed by atoms with Gasteiger partial charge in [-0.05, 0) is 66.6 Å². The van der Waals surface area contributed by atoms with E-state index < -0.39 is 0 Å². The molecule has 1 fully saturated rings. The molecule has 1 atom stereocenters. The van der Waals surface area contributed by atoms with Crippen LogP contribution in [0.2, 0.25) is 0 Å². The van der Waals surface area contributed by atoms with Gasteiger partial charge in [0.15, 0.2) is 5.82 Å². The minimum absolute atomic E-state index is 0.628. The van der Waals surface area contributed by atoms with Gasteiger partial charge in [-0.3, -0.25) is 0 Å². The van der Waals surface area contributed by atoms with Crippen molar-refractivity contribution in [2.45, 2.75) is 19.3 Å². The van der Waals surface area contributed by atoms with Crippen LogP contribution in [0.4, 0.5) is 0 Å². The molecule has 1 saturated heterocycles. The van der Waals surface area contributed by atoms with Crippen LogP contribution in [0.1, 0.15) is 18.7 Å². The fraction of sp³-hybridized carbons (Fsp3) is 0.429. The molecule has 1 aromatic heterocycles. The van der Waals surface area contributed by atoms with E-state index in [2.05, 4.69) is 38.0 Å². The molecule has 1 aliphatic heterocycles. The van der Waals surface area contributed by atoms with Gasteiger partial charge in [0, 0.05) is 9.99 Å². The lowest BCUT2D eigenvalue weighted by Crippen LogP contribution is -2.31. The molecular formula is C14H16IN3O. The van der Waals surface area contributed by atoms with Crippen molar-refractivity contribution in [3.8, 4) is 11.5 Å². The molecule has 0 amide bonds. The van der Waals surface area contributed by atoms with E-state index in [1.807, 2.05) is 24.3 Å². The molecule has 1 aromatic carbocycles. The van der Waals surface area contributed by atoms with Gasteiger partial charge in [0.1, 0.15) is 0 Å². The molecule has 4 nitrogen and oxygen atoms in total. The Morgan fingerprint density at radius 1 is 1.37 bits per heavy atom. The first-order chi connectivity index (χ1) is 9.33. The number of nitrogens with one attached hydrogen (secondary N) is 1. The van der Waals surface area contributed by atoms with Gasteiger partial charge in [0.05, 0.1) is 5.56 Å². The average molecular weight is 369 g/mol. The Hall–Kier alpha value is -0.950. The van der Waals surface area contributed by atoms with Crippen molar-refractivity contribution in [2.24, 2.45) is 5.92 Å². The molecule has 2 aromatic rings. The van der Waals surface area contributed by atoms with Gasteiger partial charge < -0.3 is 9.84 Å². The standard InChI is InChI=1S/C14H16IN3O/c15-12-6-2-1-5-11(12)14-17-13(18-19-14)8-10-4-3-7-16-9-10/h1-2,5-6,10,16H,3-4,7-9H2. The molecule has 19 heavy (non-hydrogen) atoms. The monoisotopic (exact) mass is 369 g/mol. The van der Waals surface area contributed by atoms with E-state index in [1.165, 1.54) is 12.8 Å². The molecule has 1 unspecified atom stereocenters. The highest BCUT2D eigenvalue weighted by atomic mass is 127. The van der Waals surface area contributed by atoms with Crippen LogP contribution in [0.25, 0.3) is 11.5 Å². The number of aromatic nitrogens is 2. The molecule has 0 radical (unpaired) electrons. The van der Waals surface area contributed by atoms with E-state index in [9.17, 15) is 0 Å². The van der Waals surface area contributed by atoms with Crippen molar-refractivity contribution in [3.05, 3.63) is 33.7 Å². The van der Waals surface area contributed by atoms with Crippen LogP contribution in [0.5, 0.6) is 0 Å². The number of piperidine rings is 1. The lowest BCUT2D eigenvalue weighted by Gasteiger charge is -2.20. The molecule has 5 heteroatoms. The van der Waals surface area contributed by atoms with Crippen molar-refractivity contribution in [1.82, 2.24) is 15.5 Å². The summed E-state index contributed by atoms with van der Waals surface area (Å²) in [6, 6.07) is 8.06. The molecule has 1 aliphatic rings. The van der Waals surface area contributed by atoms with Gasteiger partial charge in [-0.15, -0.1) is 0 Å². The van der Waals surface area contributed by atoms with Crippen LogP contribution in [-0.2, 0) is 6.42 Å². The maximum absolute atomic E-state index is 5.39. The number of halogens is 1. The second kappa shape index (κ2) is 6.00. The van der Waals surface area contributed by atoms with Gasteiger partial charge in [-0.2, -0.15) is 4.98 Å². The summed E-state index contributed by atoms with van der Waals surface area (Å²) in [6.45, 7) is 2.20. The Morgan fingerprint density at radius 2 is 2.26 bits per heavy atom. The first-order valence-electron chi connectivity index (χ1n) is 6.61. The largest absolute Gasteiger partial charge is 0.334 e. The molecule has 0 spiro atoms. The van der Waals surface area contributed by atoms with Gasteiger partial charge >= 0.3 is 0 Å². The summed E-state index contributed by atoms with van der Waals surface area (Å²) in [5, 5.41) is 7.53. The maximum atomic E-state index is 5.39. The van der Waals surface area contributed by atoms with E-state index in [0.29, 0.717) is 11.8 Å². The van der Waals surface area contributed by atoms with E-state index in [1.54, 1.807) is 0 Å². The topological polar surface area (TPSA) is 51.0 Å².